The monoisotopic (exact) mass is 702 g/mol. The van der Waals surface area contributed by atoms with Crippen LogP contribution >= 0.6 is 0 Å². The Morgan fingerprint density at radius 1 is 0.383 bits per heavy atom. The fourth-order valence-electron chi connectivity index (χ4n) is 3.98. The molecule has 2 heterocycles. The largest absolute Gasteiger partial charge is 0.343 e. The maximum Gasteiger partial charge on any atom is 0.297 e. The lowest BCUT2D eigenvalue weighted by atomic mass is 9.96. The SMILES string of the molecule is O=[N+]([O-])OCC1OC(O[N+](=O)[O-])C(O[N+](=O)[O-])C(O[N+](=O)[O-])[C@@H]1OC1OC(CO[N+](=O)[O-])[C@@H](O[N+](=O)[O-])C(O[N+](=O)[O-])C1O[N+](=O)[O-]. The summed E-state index contributed by atoms with van der Waals surface area (Å²) in [6, 6.07) is 0. The van der Waals surface area contributed by atoms with Crippen LogP contribution in [0.1, 0.15) is 0 Å². The smallest absolute Gasteiger partial charge is 0.297 e. The first-order valence-corrected chi connectivity index (χ1v) is 11.3. The quantitative estimate of drug-likeness (QED) is 0.0870. The highest BCUT2D eigenvalue weighted by molar-refractivity contribution is 4.95. The van der Waals surface area contributed by atoms with E-state index in [9.17, 15) is 80.9 Å². The third-order valence-corrected chi connectivity index (χ3v) is 5.39. The van der Waals surface area contributed by atoms with Crippen LogP contribution in [0, 0.1) is 80.9 Å². The topological polar surface area (TPSA) is 447 Å². The molecule has 8 unspecified atom stereocenters. The van der Waals surface area contributed by atoms with Crippen molar-refractivity contribution in [1.82, 2.24) is 0 Å². The second kappa shape index (κ2) is 16.0. The maximum atomic E-state index is 11.3. The lowest BCUT2D eigenvalue weighted by molar-refractivity contribution is -0.832. The molecule has 0 spiro atoms. The van der Waals surface area contributed by atoms with Crippen molar-refractivity contribution in [3.63, 3.8) is 0 Å². The van der Waals surface area contributed by atoms with E-state index in [2.05, 4.69) is 38.7 Å². The van der Waals surface area contributed by atoms with Gasteiger partial charge in [0, 0.05) is 0 Å². The lowest BCUT2D eigenvalue weighted by Gasteiger charge is -2.47. The molecular weight excluding hydrogens is 688 g/mol. The maximum absolute atomic E-state index is 11.3. The van der Waals surface area contributed by atoms with Crippen LogP contribution < -0.4 is 0 Å². The van der Waals surface area contributed by atoms with Gasteiger partial charge in [-0.25, -0.2) is 0 Å². The van der Waals surface area contributed by atoms with Gasteiger partial charge in [-0.1, -0.05) is 0 Å². The van der Waals surface area contributed by atoms with Gasteiger partial charge in [-0.3, -0.25) is 4.84 Å². The molecule has 0 aliphatic carbocycles. The molecule has 0 N–H and O–H groups in total. The average molecular weight is 702 g/mol. The minimum atomic E-state index is -2.80. The van der Waals surface area contributed by atoms with Crippen molar-refractivity contribution < 1.29 is 93.6 Å². The first kappa shape index (κ1) is 36.7. The number of rotatable bonds is 20. The van der Waals surface area contributed by atoms with Crippen molar-refractivity contribution >= 4 is 0 Å². The molecule has 0 amide bonds. The minimum absolute atomic E-state index is 1.47. The third-order valence-electron chi connectivity index (χ3n) is 5.39. The molecule has 0 radical (unpaired) electrons. The Morgan fingerprint density at radius 3 is 1.11 bits per heavy atom. The van der Waals surface area contributed by atoms with Gasteiger partial charge in [0.25, 0.3) is 40.7 Å². The summed E-state index contributed by atoms with van der Waals surface area (Å²) in [6.07, 6.45) is -26.5. The third kappa shape index (κ3) is 10.9. The van der Waals surface area contributed by atoms with E-state index in [0.717, 1.165) is 0 Å². The highest BCUT2D eigenvalue weighted by Gasteiger charge is 2.58. The number of hydrogen-bond acceptors (Lipinski definition) is 27. The van der Waals surface area contributed by atoms with Crippen LogP contribution in [-0.4, -0.2) is 115 Å². The Kier molecular flexibility index (Phi) is 12.5. The standard InChI is InChI=1S/C12H14N8O27/c21-13(22)37-1-3-5(7(43-16(27)28)10(46-19(33)34)12(40-3)47-20(35)36)41-11-9(45-18(31)32)8(44-17(29)30)6(42-15(25)26)4(39-11)2-38-14(23)24/h3-12H,1-2H2/t3?,4?,5-,6-,7?,8?,9?,10?,11?,12?/m1/s1. The molecule has 0 aromatic carbocycles. The molecule has 0 aromatic rings. The van der Waals surface area contributed by atoms with Gasteiger partial charge in [0.1, 0.15) is 31.5 Å². The minimum Gasteiger partial charge on any atom is -0.343 e. The first-order chi connectivity index (χ1) is 21.9. The van der Waals surface area contributed by atoms with Gasteiger partial charge < -0.3 is 48.1 Å². The van der Waals surface area contributed by atoms with E-state index in [1.54, 1.807) is 0 Å². The van der Waals surface area contributed by atoms with Crippen LogP contribution in [0.3, 0.4) is 0 Å². The van der Waals surface area contributed by atoms with Crippen molar-refractivity contribution in [1.29, 1.82) is 0 Å². The fraction of sp³-hybridized carbons (Fsp3) is 1.00. The molecule has 0 saturated carbocycles. The molecule has 2 aliphatic rings. The molecule has 0 aromatic heterocycles. The highest BCUT2D eigenvalue weighted by atomic mass is 17.0. The van der Waals surface area contributed by atoms with E-state index >= 15 is 0 Å². The zero-order valence-corrected chi connectivity index (χ0v) is 21.8. The van der Waals surface area contributed by atoms with E-state index in [4.69, 9.17) is 14.2 Å². The van der Waals surface area contributed by atoms with Gasteiger partial charge in [-0.05, 0) is 0 Å². The second-order valence-corrected chi connectivity index (χ2v) is 8.02. The summed E-state index contributed by atoms with van der Waals surface area (Å²) in [5.41, 5.74) is 0. The average Bonchev–Trinajstić information content (AvgIpc) is 2.91. The summed E-state index contributed by atoms with van der Waals surface area (Å²) in [5, 5.41) is 75.3. The molecular formula is C12H14N8O27. The molecule has 47 heavy (non-hydrogen) atoms. The fourth-order valence-corrected chi connectivity index (χ4v) is 3.98. The van der Waals surface area contributed by atoms with Gasteiger partial charge >= 0.3 is 0 Å². The van der Waals surface area contributed by atoms with E-state index in [1.807, 2.05) is 0 Å². The van der Waals surface area contributed by atoms with Crippen LogP contribution in [0.15, 0.2) is 0 Å². The van der Waals surface area contributed by atoms with Crippen LogP contribution in [0.5, 0.6) is 0 Å². The summed E-state index contributed by atoms with van der Waals surface area (Å²) >= 11 is 0. The molecule has 2 saturated heterocycles. The molecule has 0 bridgehead atoms. The van der Waals surface area contributed by atoms with Crippen LogP contribution in [0.25, 0.3) is 0 Å². The first-order valence-electron chi connectivity index (χ1n) is 11.3. The van der Waals surface area contributed by atoms with Crippen molar-refractivity contribution in [2.75, 3.05) is 13.2 Å². The molecule has 2 fully saturated rings. The summed E-state index contributed by atoms with van der Waals surface area (Å²) in [4.78, 5) is 122. The summed E-state index contributed by atoms with van der Waals surface area (Å²) in [5.74, 6) is 0. The van der Waals surface area contributed by atoms with E-state index < -0.39 is 115 Å². The van der Waals surface area contributed by atoms with Crippen molar-refractivity contribution in [2.45, 2.75) is 61.4 Å². The Bertz CT molecular complexity index is 1220. The molecule has 35 nitrogen and oxygen atoms in total. The van der Waals surface area contributed by atoms with Gasteiger partial charge in [0.2, 0.25) is 6.29 Å². The zero-order valence-electron chi connectivity index (χ0n) is 21.8. The van der Waals surface area contributed by atoms with Gasteiger partial charge in [0.15, 0.2) is 36.8 Å². The van der Waals surface area contributed by atoms with E-state index in [-0.39, 0.29) is 0 Å². The van der Waals surface area contributed by atoms with Crippen LogP contribution in [0.2, 0.25) is 0 Å². The number of hydrogen-bond donors (Lipinski definition) is 0. The Hall–Kier alpha value is -6.52. The summed E-state index contributed by atoms with van der Waals surface area (Å²) < 4.78 is 15.4. The lowest BCUT2D eigenvalue weighted by Crippen LogP contribution is -2.67. The van der Waals surface area contributed by atoms with Crippen LogP contribution in [0.4, 0.5) is 0 Å². The van der Waals surface area contributed by atoms with Gasteiger partial charge in [-0.2, -0.15) is 0 Å². The normalized spacial score (nSPS) is 29.9. The van der Waals surface area contributed by atoms with Crippen LogP contribution in [-0.2, 0) is 52.9 Å². The summed E-state index contributed by atoms with van der Waals surface area (Å²) in [6.45, 7) is -2.95. The Balaban J connectivity index is 2.73. The highest BCUT2D eigenvalue weighted by Crippen LogP contribution is 2.35. The molecule has 2 rings (SSSR count). The Morgan fingerprint density at radius 2 is 0.702 bits per heavy atom. The van der Waals surface area contributed by atoms with E-state index in [0.29, 0.717) is 0 Å². The predicted molar refractivity (Wildman–Crippen MR) is 116 cm³/mol. The Labute approximate surface area is 250 Å². The number of ether oxygens (including phenoxy) is 3. The van der Waals surface area contributed by atoms with E-state index in [1.165, 1.54) is 0 Å². The van der Waals surface area contributed by atoms with Crippen molar-refractivity contribution in [3.05, 3.63) is 80.9 Å². The summed E-state index contributed by atoms with van der Waals surface area (Å²) in [7, 11) is 0. The predicted octanol–water partition coefficient (Wildman–Crippen LogP) is -3.67. The van der Waals surface area contributed by atoms with Gasteiger partial charge in [0.05, 0.1) is 0 Å². The molecule has 35 heteroatoms. The zero-order chi connectivity index (χ0) is 35.6. The van der Waals surface area contributed by atoms with Crippen molar-refractivity contribution in [2.24, 2.45) is 0 Å². The number of nitrogens with zero attached hydrogens (tertiary/aromatic N) is 8. The molecule has 10 atom stereocenters. The second-order valence-electron chi connectivity index (χ2n) is 8.02. The van der Waals surface area contributed by atoms with Gasteiger partial charge in [-0.15, -0.1) is 80.9 Å². The van der Waals surface area contributed by atoms with Crippen molar-refractivity contribution in [3.8, 4) is 0 Å². The molecule has 264 valence electrons. The molecule has 2 aliphatic heterocycles.